The minimum atomic E-state index is 0.127. The minimum absolute atomic E-state index is 0.127. The minimum Gasteiger partial charge on any atom is -0.334 e. The lowest BCUT2D eigenvalue weighted by atomic mass is 9.93. The van der Waals surface area contributed by atoms with Gasteiger partial charge in [0.25, 0.3) is 5.91 Å². The van der Waals surface area contributed by atoms with Crippen LogP contribution in [0.5, 0.6) is 0 Å². The van der Waals surface area contributed by atoms with Gasteiger partial charge in [-0.1, -0.05) is 35.2 Å². The Kier molecular flexibility index (Phi) is 5.91. The van der Waals surface area contributed by atoms with Crippen LogP contribution in [0.2, 0.25) is 0 Å². The van der Waals surface area contributed by atoms with Gasteiger partial charge in [0.1, 0.15) is 0 Å². The fourth-order valence-electron chi connectivity index (χ4n) is 2.96. The predicted octanol–water partition coefficient (Wildman–Crippen LogP) is 4.77. The number of benzene rings is 1. The van der Waals surface area contributed by atoms with Gasteiger partial charge in [-0.05, 0) is 43.5 Å². The molecule has 1 fully saturated rings. The first-order valence-corrected chi connectivity index (χ1v) is 8.59. The number of carbonyl (C=O) groups is 1. The van der Waals surface area contributed by atoms with Crippen LogP contribution in [-0.4, -0.2) is 29.3 Å². The summed E-state index contributed by atoms with van der Waals surface area (Å²) in [6.45, 7) is 2.62. The SMILES string of the molecule is Cc1cc(Br)ccc1C(=O)N(CCCl)C1CCCCC1. The van der Waals surface area contributed by atoms with Crippen molar-refractivity contribution >= 4 is 33.4 Å². The van der Waals surface area contributed by atoms with Gasteiger partial charge in [0.05, 0.1) is 0 Å². The second-order valence-corrected chi connectivity index (χ2v) is 6.73. The first-order valence-electron chi connectivity index (χ1n) is 7.26. The van der Waals surface area contributed by atoms with E-state index in [-0.39, 0.29) is 5.91 Å². The van der Waals surface area contributed by atoms with Crippen molar-refractivity contribution < 1.29 is 4.79 Å². The second kappa shape index (κ2) is 7.46. The molecule has 1 aromatic carbocycles. The first-order chi connectivity index (χ1) is 9.63. The fourth-order valence-corrected chi connectivity index (χ4v) is 3.61. The summed E-state index contributed by atoms with van der Waals surface area (Å²) >= 11 is 9.35. The third-order valence-electron chi connectivity index (χ3n) is 4.02. The van der Waals surface area contributed by atoms with Crippen LogP contribution >= 0.6 is 27.5 Å². The molecule has 0 bridgehead atoms. The summed E-state index contributed by atoms with van der Waals surface area (Å²) in [5, 5.41) is 0. The van der Waals surface area contributed by atoms with Crippen LogP contribution in [0.4, 0.5) is 0 Å². The van der Waals surface area contributed by atoms with Gasteiger partial charge in [-0.15, -0.1) is 11.6 Å². The van der Waals surface area contributed by atoms with E-state index < -0.39 is 0 Å². The monoisotopic (exact) mass is 357 g/mol. The molecule has 1 aliphatic carbocycles. The molecule has 110 valence electrons. The van der Waals surface area contributed by atoms with Crippen LogP contribution in [0.1, 0.15) is 48.0 Å². The van der Waals surface area contributed by atoms with Crippen molar-refractivity contribution in [1.29, 1.82) is 0 Å². The average molecular weight is 359 g/mol. The highest BCUT2D eigenvalue weighted by Gasteiger charge is 2.26. The summed E-state index contributed by atoms with van der Waals surface area (Å²) < 4.78 is 1.01. The van der Waals surface area contributed by atoms with E-state index in [4.69, 9.17) is 11.6 Å². The van der Waals surface area contributed by atoms with Crippen LogP contribution < -0.4 is 0 Å². The molecule has 1 aliphatic rings. The molecule has 1 saturated carbocycles. The largest absolute Gasteiger partial charge is 0.334 e. The normalized spacial score (nSPS) is 16.1. The van der Waals surface area contributed by atoms with E-state index >= 15 is 0 Å². The number of nitrogens with zero attached hydrogens (tertiary/aromatic N) is 1. The van der Waals surface area contributed by atoms with E-state index in [1.807, 2.05) is 30.0 Å². The number of hydrogen-bond acceptors (Lipinski definition) is 1. The molecule has 0 unspecified atom stereocenters. The standard InChI is InChI=1S/C16H21BrClNO/c1-12-11-13(17)7-8-15(12)16(20)19(10-9-18)14-5-3-2-4-6-14/h7-8,11,14H,2-6,9-10H2,1H3. The fraction of sp³-hybridized carbons (Fsp3) is 0.562. The zero-order valence-corrected chi connectivity index (χ0v) is 14.2. The maximum atomic E-state index is 12.8. The van der Waals surface area contributed by atoms with Crippen LogP contribution in [0.15, 0.2) is 22.7 Å². The summed E-state index contributed by atoms with van der Waals surface area (Å²) in [6.07, 6.45) is 5.94. The average Bonchev–Trinajstić information content (AvgIpc) is 2.45. The van der Waals surface area contributed by atoms with Crippen molar-refractivity contribution in [3.05, 3.63) is 33.8 Å². The Bertz CT molecular complexity index is 472. The number of halogens is 2. The molecular formula is C16H21BrClNO. The van der Waals surface area contributed by atoms with E-state index in [0.29, 0.717) is 18.5 Å². The van der Waals surface area contributed by atoms with Crippen molar-refractivity contribution in [2.75, 3.05) is 12.4 Å². The molecule has 2 nitrogen and oxygen atoms in total. The molecule has 0 atom stereocenters. The molecule has 20 heavy (non-hydrogen) atoms. The maximum absolute atomic E-state index is 12.8. The smallest absolute Gasteiger partial charge is 0.254 e. The molecule has 0 saturated heterocycles. The lowest BCUT2D eigenvalue weighted by molar-refractivity contribution is 0.0649. The summed E-state index contributed by atoms with van der Waals surface area (Å²) in [6, 6.07) is 6.19. The van der Waals surface area contributed by atoms with E-state index in [0.717, 1.165) is 28.4 Å². The highest BCUT2D eigenvalue weighted by Crippen LogP contribution is 2.25. The van der Waals surface area contributed by atoms with E-state index in [9.17, 15) is 4.79 Å². The van der Waals surface area contributed by atoms with Crippen molar-refractivity contribution in [2.24, 2.45) is 0 Å². The molecule has 0 radical (unpaired) electrons. The zero-order valence-electron chi connectivity index (χ0n) is 11.9. The van der Waals surface area contributed by atoms with Crippen molar-refractivity contribution in [1.82, 2.24) is 4.90 Å². The summed E-state index contributed by atoms with van der Waals surface area (Å²) in [4.78, 5) is 14.8. The van der Waals surface area contributed by atoms with E-state index in [1.165, 1.54) is 19.3 Å². The lowest BCUT2D eigenvalue weighted by Gasteiger charge is -2.34. The molecule has 1 aromatic rings. The maximum Gasteiger partial charge on any atom is 0.254 e. The molecule has 2 rings (SSSR count). The number of carbonyl (C=O) groups excluding carboxylic acids is 1. The Morgan fingerprint density at radius 2 is 2.05 bits per heavy atom. The molecule has 0 spiro atoms. The van der Waals surface area contributed by atoms with Crippen molar-refractivity contribution in [2.45, 2.75) is 45.1 Å². The van der Waals surface area contributed by atoms with Gasteiger partial charge in [0.2, 0.25) is 0 Å². The molecular weight excluding hydrogens is 338 g/mol. The van der Waals surface area contributed by atoms with Crippen LogP contribution in [-0.2, 0) is 0 Å². The lowest BCUT2D eigenvalue weighted by Crippen LogP contribution is -2.42. The van der Waals surface area contributed by atoms with Gasteiger partial charge < -0.3 is 4.90 Å². The van der Waals surface area contributed by atoms with Gasteiger partial charge in [-0.3, -0.25) is 4.79 Å². The Morgan fingerprint density at radius 1 is 1.35 bits per heavy atom. The number of amides is 1. The molecule has 0 N–H and O–H groups in total. The van der Waals surface area contributed by atoms with Crippen LogP contribution in [0.3, 0.4) is 0 Å². The summed E-state index contributed by atoms with van der Waals surface area (Å²) in [5.74, 6) is 0.625. The number of alkyl halides is 1. The van der Waals surface area contributed by atoms with Gasteiger partial charge in [-0.2, -0.15) is 0 Å². The Balaban J connectivity index is 2.21. The third-order valence-corrected chi connectivity index (χ3v) is 4.68. The quantitative estimate of drug-likeness (QED) is 0.710. The number of aryl methyl sites for hydroxylation is 1. The molecule has 0 aromatic heterocycles. The van der Waals surface area contributed by atoms with Crippen molar-refractivity contribution in [3.8, 4) is 0 Å². The molecule has 1 amide bonds. The topological polar surface area (TPSA) is 20.3 Å². The van der Waals surface area contributed by atoms with E-state index in [1.54, 1.807) is 0 Å². The van der Waals surface area contributed by atoms with Gasteiger partial charge >= 0.3 is 0 Å². The van der Waals surface area contributed by atoms with Crippen LogP contribution in [0.25, 0.3) is 0 Å². The molecule has 0 aliphatic heterocycles. The Morgan fingerprint density at radius 3 is 2.65 bits per heavy atom. The summed E-state index contributed by atoms with van der Waals surface area (Å²) in [5.41, 5.74) is 1.81. The molecule has 4 heteroatoms. The molecule has 0 heterocycles. The zero-order chi connectivity index (χ0) is 14.5. The van der Waals surface area contributed by atoms with E-state index in [2.05, 4.69) is 15.9 Å². The number of rotatable bonds is 4. The second-order valence-electron chi connectivity index (χ2n) is 5.44. The highest BCUT2D eigenvalue weighted by molar-refractivity contribution is 9.10. The third kappa shape index (κ3) is 3.76. The highest BCUT2D eigenvalue weighted by atomic mass is 79.9. The number of hydrogen-bond donors (Lipinski definition) is 0. The van der Waals surface area contributed by atoms with Crippen LogP contribution in [0, 0.1) is 6.92 Å². The first kappa shape index (κ1) is 15.8. The van der Waals surface area contributed by atoms with Gasteiger partial charge in [0, 0.05) is 28.5 Å². The summed E-state index contributed by atoms with van der Waals surface area (Å²) in [7, 11) is 0. The van der Waals surface area contributed by atoms with Gasteiger partial charge in [-0.25, -0.2) is 0 Å². The predicted molar refractivity (Wildman–Crippen MR) is 87.5 cm³/mol. The Labute approximate surface area is 134 Å². The van der Waals surface area contributed by atoms with Crippen molar-refractivity contribution in [3.63, 3.8) is 0 Å². The Hall–Kier alpha value is -0.540. The van der Waals surface area contributed by atoms with Gasteiger partial charge in [0.15, 0.2) is 0 Å².